The Kier molecular flexibility index (Phi) is 5.11. The Morgan fingerprint density at radius 2 is 2.00 bits per heavy atom. The van der Waals surface area contributed by atoms with E-state index >= 15 is 0 Å². The van der Waals surface area contributed by atoms with E-state index in [0.29, 0.717) is 5.82 Å². The number of aromatic nitrogens is 4. The van der Waals surface area contributed by atoms with Gasteiger partial charge in [-0.15, -0.1) is 22.0 Å². The summed E-state index contributed by atoms with van der Waals surface area (Å²) < 4.78 is 40.3. The van der Waals surface area contributed by atoms with Crippen molar-refractivity contribution in [2.45, 2.75) is 30.8 Å². The maximum atomic E-state index is 12.9. The van der Waals surface area contributed by atoms with Gasteiger partial charge in [-0.05, 0) is 30.4 Å². The van der Waals surface area contributed by atoms with Crippen molar-refractivity contribution in [3.63, 3.8) is 0 Å². The molecular weight excluding hydrogens is 375 g/mol. The van der Waals surface area contributed by atoms with Crippen LogP contribution in [0, 0.1) is 11.3 Å². The Bertz CT molecular complexity index is 1040. The first-order valence-corrected chi connectivity index (χ1v) is 9.18. The Morgan fingerprint density at radius 1 is 1.26 bits per heavy atom. The molecule has 2 aromatic heterocycles. The highest BCUT2D eigenvalue weighted by atomic mass is 32.2. The van der Waals surface area contributed by atoms with Crippen LogP contribution in [0.15, 0.2) is 29.2 Å². The number of nitrogens with zero attached hydrogens (tertiary/aromatic N) is 5. The fourth-order valence-electron chi connectivity index (χ4n) is 2.71. The van der Waals surface area contributed by atoms with Crippen molar-refractivity contribution in [3.8, 4) is 17.5 Å². The number of rotatable bonds is 4. The largest absolute Gasteiger partial charge is 0.435 e. The number of benzene rings is 1. The summed E-state index contributed by atoms with van der Waals surface area (Å²) in [5.74, 6) is 1.06. The second-order valence-electron chi connectivity index (χ2n) is 5.97. The van der Waals surface area contributed by atoms with Gasteiger partial charge >= 0.3 is 6.18 Å². The molecule has 0 N–H and O–H groups in total. The van der Waals surface area contributed by atoms with E-state index in [4.69, 9.17) is 5.26 Å². The van der Waals surface area contributed by atoms with Gasteiger partial charge in [-0.2, -0.15) is 18.4 Å². The van der Waals surface area contributed by atoms with Crippen LogP contribution in [-0.4, -0.2) is 25.5 Å². The zero-order valence-corrected chi connectivity index (χ0v) is 15.7. The quantitative estimate of drug-likeness (QED) is 0.598. The van der Waals surface area contributed by atoms with E-state index in [1.54, 1.807) is 23.4 Å². The fraction of sp³-hybridized carbons (Fsp3) is 0.333. The summed E-state index contributed by atoms with van der Waals surface area (Å²) in [4.78, 5) is 5.29. The lowest BCUT2D eigenvalue weighted by molar-refractivity contribution is -0.141. The van der Waals surface area contributed by atoms with Gasteiger partial charge in [0.2, 0.25) is 0 Å². The summed E-state index contributed by atoms with van der Waals surface area (Å²) in [7, 11) is 1.69. The molecular formula is C18H16F3N5S. The third kappa shape index (κ3) is 3.62. The normalized spacial score (nSPS) is 12.9. The van der Waals surface area contributed by atoms with Crippen molar-refractivity contribution in [1.29, 1.82) is 5.26 Å². The van der Waals surface area contributed by atoms with E-state index in [0.717, 1.165) is 27.8 Å². The second kappa shape index (κ2) is 7.19. The van der Waals surface area contributed by atoms with Crippen molar-refractivity contribution in [2.24, 2.45) is 7.05 Å². The molecule has 0 saturated carbocycles. The molecule has 0 saturated heterocycles. The molecule has 3 aromatic rings. The first kappa shape index (κ1) is 19.2. The van der Waals surface area contributed by atoms with Gasteiger partial charge in [0.15, 0.2) is 11.3 Å². The molecule has 1 atom stereocenters. The van der Waals surface area contributed by atoms with Gasteiger partial charge in [-0.1, -0.05) is 13.0 Å². The van der Waals surface area contributed by atoms with Crippen LogP contribution in [0.5, 0.6) is 0 Å². The highest BCUT2D eigenvalue weighted by Gasteiger charge is 2.34. The highest BCUT2D eigenvalue weighted by molar-refractivity contribution is 7.99. The van der Waals surface area contributed by atoms with Crippen LogP contribution in [0.4, 0.5) is 13.2 Å². The van der Waals surface area contributed by atoms with Crippen LogP contribution in [-0.2, 0) is 13.2 Å². The number of fused-ring (bicyclic) bond motifs is 1. The molecule has 2 heterocycles. The minimum atomic E-state index is -4.57. The monoisotopic (exact) mass is 391 g/mol. The lowest BCUT2D eigenvalue weighted by atomic mass is 10.0. The minimum absolute atomic E-state index is 0.136. The maximum absolute atomic E-state index is 12.9. The van der Waals surface area contributed by atoms with Crippen molar-refractivity contribution >= 4 is 22.9 Å². The number of nitriles is 1. The van der Waals surface area contributed by atoms with Crippen LogP contribution in [0.2, 0.25) is 0 Å². The molecule has 3 rings (SSSR count). The van der Waals surface area contributed by atoms with Crippen molar-refractivity contribution < 1.29 is 13.2 Å². The zero-order valence-electron chi connectivity index (χ0n) is 14.9. The lowest BCUT2D eigenvalue weighted by Gasteiger charge is -2.12. The van der Waals surface area contributed by atoms with Gasteiger partial charge in [0.1, 0.15) is 11.3 Å². The Morgan fingerprint density at radius 3 is 2.63 bits per heavy atom. The molecule has 0 aliphatic heterocycles. The predicted octanol–water partition coefficient (Wildman–Crippen LogP) is 4.79. The molecule has 0 aliphatic rings. The van der Waals surface area contributed by atoms with Gasteiger partial charge in [0.05, 0.1) is 12.0 Å². The van der Waals surface area contributed by atoms with E-state index in [2.05, 4.69) is 21.3 Å². The van der Waals surface area contributed by atoms with E-state index < -0.39 is 11.9 Å². The molecule has 0 fully saturated rings. The average molecular weight is 391 g/mol. The third-order valence-corrected chi connectivity index (χ3v) is 5.08. The minimum Gasteiger partial charge on any atom is -0.310 e. The molecule has 1 unspecified atom stereocenters. The Hall–Kier alpha value is -2.60. The predicted molar refractivity (Wildman–Crippen MR) is 97.2 cm³/mol. The van der Waals surface area contributed by atoms with E-state index in [1.807, 2.05) is 32.0 Å². The number of hydrogen-bond donors (Lipinski definition) is 0. The zero-order chi connectivity index (χ0) is 19.8. The van der Waals surface area contributed by atoms with E-state index in [1.165, 1.54) is 0 Å². The molecule has 9 heteroatoms. The van der Waals surface area contributed by atoms with Crippen molar-refractivity contribution in [2.75, 3.05) is 5.75 Å². The molecule has 0 spiro atoms. The summed E-state index contributed by atoms with van der Waals surface area (Å²) in [6.45, 7) is 3.82. The van der Waals surface area contributed by atoms with E-state index in [-0.39, 0.29) is 17.1 Å². The third-order valence-electron chi connectivity index (χ3n) is 4.15. The smallest absolute Gasteiger partial charge is 0.310 e. The molecule has 0 radical (unpaired) electrons. The summed E-state index contributed by atoms with van der Waals surface area (Å²) in [5.41, 5.74) is 1.01. The van der Waals surface area contributed by atoms with Gasteiger partial charge in [-0.25, -0.2) is 4.98 Å². The average Bonchev–Trinajstić information content (AvgIpc) is 2.96. The second-order valence-corrected chi connectivity index (χ2v) is 7.28. The Labute approximate surface area is 158 Å². The summed E-state index contributed by atoms with van der Waals surface area (Å²) >= 11 is 1.59. The van der Waals surface area contributed by atoms with Crippen LogP contribution in [0.3, 0.4) is 0 Å². The van der Waals surface area contributed by atoms with Crippen molar-refractivity contribution in [3.05, 3.63) is 35.5 Å². The molecule has 5 nitrogen and oxygen atoms in total. The van der Waals surface area contributed by atoms with Crippen LogP contribution in [0.1, 0.15) is 31.0 Å². The van der Waals surface area contributed by atoms with Crippen LogP contribution in [0.25, 0.3) is 22.6 Å². The number of hydrogen-bond acceptors (Lipinski definition) is 5. The number of aryl methyl sites for hydroxylation is 1. The fourth-order valence-corrected chi connectivity index (χ4v) is 3.55. The molecule has 27 heavy (non-hydrogen) atoms. The van der Waals surface area contributed by atoms with Gasteiger partial charge in [-0.3, -0.25) is 0 Å². The molecule has 0 bridgehead atoms. The number of alkyl halides is 3. The van der Waals surface area contributed by atoms with Crippen LogP contribution >= 0.6 is 11.8 Å². The van der Waals surface area contributed by atoms with E-state index in [9.17, 15) is 13.2 Å². The number of halogens is 3. The van der Waals surface area contributed by atoms with Gasteiger partial charge in [0, 0.05) is 23.6 Å². The topological polar surface area (TPSA) is 67.4 Å². The first-order chi connectivity index (χ1) is 12.8. The summed E-state index contributed by atoms with van der Waals surface area (Å²) in [5, 5.41) is 16.1. The molecule has 1 aromatic carbocycles. The maximum Gasteiger partial charge on any atom is 0.435 e. The van der Waals surface area contributed by atoms with Gasteiger partial charge < -0.3 is 4.57 Å². The number of thioether (sulfide) groups is 1. The summed E-state index contributed by atoms with van der Waals surface area (Å²) in [6, 6.07) is 8.74. The SMILES string of the molecule is CCSc1cc(C(C)C#N)ccc1-c1nc2cc(C(F)(F)F)nnc2n1C. The first-order valence-electron chi connectivity index (χ1n) is 8.20. The lowest BCUT2D eigenvalue weighted by Crippen LogP contribution is -2.09. The Balaban J connectivity index is 2.17. The standard InChI is InChI=1S/C18H16F3N5S/c1-4-27-14-7-11(10(2)9-22)5-6-12(14)16-23-13-8-15(18(19,20)21)24-25-17(13)26(16)3/h5-8,10H,4H2,1-3H3. The highest BCUT2D eigenvalue weighted by Crippen LogP contribution is 2.35. The van der Waals surface area contributed by atoms with Crippen molar-refractivity contribution in [1.82, 2.24) is 19.7 Å². The summed E-state index contributed by atoms with van der Waals surface area (Å²) in [6.07, 6.45) is -4.57. The molecule has 0 amide bonds. The number of imidazole rings is 1. The van der Waals surface area contributed by atoms with Gasteiger partial charge in [0.25, 0.3) is 0 Å². The van der Waals surface area contributed by atoms with Crippen LogP contribution < -0.4 is 0 Å². The molecule has 140 valence electrons. The molecule has 0 aliphatic carbocycles.